The van der Waals surface area contributed by atoms with Crippen molar-refractivity contribution in [2.75, 3.05) is 7.05 Å². The fourth-order valence-corrected chi connectivity index (χ4v) is 2.04. The summed E-state index contributed by atoms with van der Waals surface area (Å²) in [5, 5.41) is 3.75. The lowest BCUT2D eigenvalue weighted by Crippen LogP contribution is -2.11. The summed E-state index contributed by atoms with van der Waals surface area (Å²) in [6.07, 6.45) is 1.73. The van der Waals surface area contributed by atoms with Crippen molar-refractivity contribution in [1.29, 1.82) is 0 Å². The van der Waals surface area contributed by atoms with Gasteiger partial charge in [0, 0.05) is 17.5 Å². The molecule has 0 spiro atoms. The number of ether oxygens (including phenoxy) is 1. The third-order valence-electron chi connectivity index (χ3n) is 3.08. The first-order valence-corrected chi connectivity index (χ1v) is 7.33. The molecule has 0 aliphatic carbocycles. The van der Waals surface area contributed by atoms with Crippen LogP contribution >= 0.6 is 11.6 Å². The molecule has 0 unspecified atom stereocenters. The summed E-state index contributed by atoms with van der Waals surface area (Å²) in [6.45, 7) is 6.74. The minimum Gasteiger partial charge on any atom is -0.453 e. The SMILES string of the molecule is CNCc1nc(C(C)C)ncc1Oc1cc(Cl)ccc1C. The predicted octanol–water partition coefficient (Wildman–Crippen LogP) is 4.07. The van der Waals surface area contributed by atoms with Gasteiger partial charge in [-0.15, -0.1) is 0 Å². The Morgan fingerprint density at radius 2 is 2.05 bits per heavy atom. The molecule has 0 fully saturated rings. The Labute approximate surface area is 130 Å². The second-order valence-corrected chi connectivity index (χ2v) is 5.67. The molecule has 4 nitrogen and oxygen atoms in total. The lowest BCUT2D eigenvalue weighted by atomic mass is 10.2. The van der Waals surface area contributed by atoms with Gasteiger partial charge in [-0.1, -0.05) is 31.5 Å². The van der Waals surface area contributed by atoms with E-state index in [9.17, 15) is 0 Å². The maximum atomic E-state index is 6.03. The number of hydrogen-bond donors (Lipinski definition) is 1. The van der Waals surface area contributed by atoms with Crippen LogP contribution in [-0.4, -0.2) is 17.0 Å². The first-order chi connectivity index (χ1) is 10.0. The van der Waals surface area contributed by atoms with E-state index in [0.717, 1.165) is 22.8 Å². The number of nitrogens with zero attached hydrogens (tertiary/aromatic N) is 2. The summed E-state index contributed by atoms with van der Waals surface area (Å²) in [6, 6.07) is 5.58. The molecule has 112 valence electrons. The predicted molar refractivity (Wildman–Crippen MR) is 85.1 cm³/mol. The van der Waals surface area contributed by atoms with Crippen molar-refractivity contribution in [2.45, 2.75) is 33.2 Å². The quantitative estimate of drug-likeness (QED) is 0.904. The normalized spacial score (nSPS) is 11.0. The number of aryl methyl sites for hydroxylation is 1. The smallest absolute Gasteiger partial charge is 0.168 e. The third kappa shape index (κ3) is 3.93. The molecule has 5 heteroatoms. The van der Waals surface area contributed by atoms with Crippen LogP contribution in [0.3, 0.4) is 0 Å². The van der Waals surface area contributed by atoms with Crippen LogP contribution in [0.25, 0.3) is 0 Å². The molecular weight excluding hydrogens is 286 g/mol. The van der Waals surface area contributed by atoms with Crippen molar-refractivity contribution in [1.82, 2.24) is 15.3 Å². The number of halogens is 1. The van der Waals surface area contributed by atoms with Gasteiger partial charge >= 0.3 is 0 Å². The van der Waals surface area contributed by atoms with Crippen molar-refractivity contribution < 1.29 is 4.74 Å². The van der Waals surface area contributed by atoms with E-state index in [1.54, 1.807) is 12.3 Å². The zero-order valence-electron chi connectivity index (χ0n) is 12.8. The number of hydrogen-bond acceptors (Lipinski definition) is 4. The van der Waals surface area contributed by atoms with Crippen LogP contribution in [0.4, 0.5) is 0 Å². The highest BCUT2D eigenvalue weighted by molar-refractivity contribution is 6.30. The number of rotatable bonds is 5. The first kappa shape index (κ1) is 15.7. The van der Waals surface area contributed by atoms with Crippen molar-refractivity contribution in [3.63, 3.8) is 0 Å². The van der Waals surface area contributed by atoms with Crippen molar-refractivity contribution in [2.24, 2.45) is 0 Å². The Morgan fingerprint density at radius 1 is 1.29 bits per heavy atom. The molecule has 0 atom stereocenters. The summed E-state index contributed by atoms with van der Waals surface area (Å²) in [4.78, 5) is 8.95. The molecule has 1 aromatic carbocycles. The fraction of sp³-hybridized carbons (Fsp3) is 0.375. The van der Waals surface area contributed by atoms with Gasteiger partial charge in [0.2, 0.25) is 0 Å². The Morgan fingerprint density at radius 3 is 2.71 bits per heavy atom. The van der Waals surface area contributed by atoms with Crippen molar-refractivity contribution >= 4 is 11.6 Å². The van der Waals surface area contributed by atoms with E-state index < -0.39 is 0 Å². The third-order valence-corrected chi connectivity index (χ3v) is 3.31. The molecule has 0 aliphatic rings. The van der Waals surface area contributed by atoms with Crippen LogP contribution in [0, 0.1) is 6.92 Å². The number of benzene rings is 1. The average molecular weight is 306 g/mol. The monoisotopic (exact) mass is 305 g/mol. The average Bonchev–Trinajstić information content (AvgIpc) is 2.44. The van der Waals surface area contributed by atoms with Crippen LogP contribution in [0.2, 0.25) is 5.02 Å². The topological polar surface area (TPSA) is 47.0 Å². The number of aromatic nitrogens is 2. The lowest BCUT2D eigenvalue weighted by molar-refractivity contribution is 0.461. The maximum Gasteiger partial charge on any atom is 0.168 e. The molecule has 2 aromatic rings. The van der Waals surface area contributed by atoms with Crippen molar-refractivity contribution in [3.8, 4) is 11.5 Å². The van der Waals surface area contributed by atoms with Gasteiger partial charge in [0.15, 0.2) is 5.75 Å². The highest BCUT2D eigenvalue weighted by atomic mass is 35.5. The molecule has 0 amide bonds. The van der Waals surface area contributed by atoms with Gasteiger partial charge < -0.3 is 10.1 Å². The Kier molecular flexibility index (Phi) is 5.15. The molecule has 1 aromatic heterocycles. The fourth-order valence-electron chi connectivity index (χ4n) is 1.88. The molecular formula is C16H20ClN3O. The number of nitrogens with one attached hydrogen (secondary N) is 1. The highest BCUT2D eigenvalue weighted by Crippen LogP contribution is 2.29. The summed E-state index contributed by atoms with van der Waals surface area (Å²) in [7, 11) is 1.88. The van der Waals surface area contributed by atoms with Crippen molar-refractivity contribution in [3.05, 3.63) is 46.5 Å². The molecule has 0 bridgehead atoms. The minimum atomic E-state index is 0.280. The van der Waals surface area contributed by atoms with Gasteiger partial charge in [0.1, 0.15) is 17.3 Å². The molecule has 21 heavy (non-hydrogen) atoms. The molecule has 0 aliphatic heterocycles. The second kappa shape index (κ2) is 6.87. The zero-order chi connectivity index (χ0) is 15.4. The van der Waals surface area contributed by atoms with Gasteiger partial charge in [-0.25, -0.2) is 9.97 Å². The lowest BCUT2D eigenvalue weighted by Gasteiger charge is -2.14. The van der Waals surface area contributed by atoms with Gasteiger partial charge in [-0.3, -0.25) is 0 Å². The zero-order valence-corrected chi connectivity index (χ0v) is 13.5. The molecule has 1 N–H and O–H groups in total. The Hall–Kier alpha value is -1.65. The van der Waals surface area contributed by atoms with Crippen LogP contribution in [0.1, 0.15) is 36.8 Å². The van der Waals surface area contributed by atoms with E-state index in [1.807, 2.05) is 26.1 Å². The van der Waals surface area contributed by atoms with Crippen LogP contribution in [0.15, 0.2) is 24.4 Å². The van der Waals surface area contributed by atoms with E-state index in [1.165, 1.54) is 0 Å². The minimum absolute atomic E-state index is 0.280. The molecule has 0 radical (unpaired) electrons. The summed E-state index contributed by atoms with van der Waals surface area (Å²) in [5.41, 5.74) is 1.86. The molecule has 2 rings (SSSR count). The maximum absolute atomic E-state index is 6.03. The largest absolute Gasteiger partial charge is 0.453 e. The van der Waals surface area contributed by atoms with E-state index in [4.69, 9.17) is 16.3 Å². The second-order valence-electron chi connectivity index (χ2n) is 5.24. The molecule has 1 heterocycles. The van der Waals surface area contributed by atoms with Gasteiger partial charge in [0.25, 0.3) is 0 Å². The van der Waals surface area contributed by atoms with Gasteiger partial charge in [-0.05, 0) is 31.7 Å². The molecule has 0 saturated heterocycles. The van der Waals surface area contributed by atoms with E-state index in [2.05, 4.69) is 29.1 Å². The summed E-state index contributed by atoms with van der Waals surface area (Å²) >= 11 is 6.03. The van der Waals surface area contributed by atoms with E-state index in [0.29, 0.717) is 17.3 Å². The van der Waals surface area contributed by atoms with Crippen LogP contribution in [-0.2, 0) is 6.54 Å². The molecule has 0 saturated carbocycles. The van der Waals surface area contributed by atoms with Gasteiger partial charge in [-0.2, -0.15) is 0 Å². The summed E-state index contributed by atoms with van der Waals surface area (Å²) in [5.74, 6) is 2.47. The standard InChI is InChI=1S/C16H20ClN3O/c1-10(2)16-19-9-15(13(20-16)8-18-4)21-14-7-12(17)6-5-11(14)3/h5-7,9-10,18H,8H2,1-4H3. The van der Waals surface area contributed by atoms with E-state index >= 15 is 0 Å². The van der Waals surface area contributed by atoms with Gasteiger partial charge in [0.05, 0.1) is 6.20 Å². The van der Waals surface area contributed by atoms with Crippen LogP contribution in [0.5, 0.6) is 11.5 Å². The van der Waals surface area contributed by atoms with Crippen LogP contribution < -0.4 is 10.1 Å². The summed E-state index contributed by atoms with van der Waals surface area (Å²) < 4.78 is 5.96. The first-order valence-electron chi connectivity index (χ1n) is 6.95. The highest BCUT2D eigenvalue weighted by Gasteiger charge is 2.12. The Balaban J connectivity index is 2.36. The Bertz CT molecular complexity index is 629. The van der Waals surface area contributed by atoms with E-state index in [-0.39, 0.29) is 5.92 Å².